The van der Waals surface area contributed by atoms with Crippen LogP contribution in [0.25, 0.3) is 16.8 Å². The van der Waals surface area contributed by atoms with E-state index >= 15 is 0 Å². The summed E-state index contributed by atoms with van der Waals surface area (Å²) in [5.74, 6) is -1.53. The van der Waals surface area contributed by atoms with Crippen LogP contribution < -0.4 is 10.9 Å². The van der Waals surface area contributed by atoms with Gasteiger partial charge in [-0.3, -0.25) is 14.7 Å². The second kappa shape index (κ2) is 7.67. The number of aromatic nitrogens is 3. The minimum atomic E-state index is -0.602. The highest BCUT2D eigenvalue weighted by molar-refractivity contribution is 5.94. The summed E-state index contributed by atoms with van der Waals surface area (Å²) >= 11 is 0. The van der Waals surface area contributed by atoms with E-state index in [2.05, 4.69) is 15.4 Å². The summed E-state index contributed by atoms with van der Waals surface area (Å²) in [4.78, 5) is 28.9. The number of hydrogen-bond donors (Lipinski definition) is 2. The smallest absolute Gasteiger partial charge is 0.272 e. The third kappa shape index (κ3) is 3.77. The van der Waals surface area contributed by atoms with Crippen molar-refractivity contribution in [2.24, 2.45) is 0 Å². The zero-order chi connectivity index (χ0) is 20.4. The van der Waals surface area contributed by atoms with Gasteiger partial charge in [-0.25, -0.2) is 18.3 Å². The van der Waals surface area contributed by atoms with Gasteiger partial charge in [0.1, 0.15) is 11.6 Å². The first-order chi connectivity index (χ1) is 14.0. The van der Waals surface area contributed by atoms with E-state index in [1.807, 2.05) is 0 Å². The first-order valence-electron chi connectivity index (χ1n) is 8.91. The molecule has 1 amide bonds. The minimum Gasteiger partial charge on any atom is -0.352 e. The van der Waals surface area contributed by atoms with Crippen LogP contribution in [0.3, 0.4) is 0 Å². The number of H-pyrrole nitrogens is 1. The monoisotopic (exact) mass is 394 g/mol. The Labute approximate surface area is 163 Å². The molecule has 0 atom stereocenters. The van der Waals surface area contributed by atoms with Crippen LogP contribution in [-0.4, -0.2) is 27.0 Å². The van der Waals surface area contributed by atoms with Gasteiger partial charge in [0.05, 0.1) is 11.3 Å². The lowest BCUT2D eigenvalue weighted by Crippen LogP contribution is -2.27. The molecule has 0 aliphatic rings. The first-order valence-corrected chi connectivity index (χ1v) is 8.91. The van der Waals surface area contributed by atoms with Crippen molar-refractivity contribution >= 4 is 11.6 Å². The van der Waals surface area contributed by atoms with Crippen LogP contribution in [0, 0.1) is 11.6 Å². The molecule has 29 heavy (non-hydrogen) atoms. The van der Waals surface area contributed by atoms with Gasteiger partial charge in [0.2, 0.25) is 0 Å². The van der Waals surface area contributed by atoms with E-state index < -0.39 is 17.5 Å². The molecule has 4 aromatic rings. The summed E-state index contributed by atoms with van der Waals surface area (Å²) < 4.78 is 28.5. The Hall–Kier alpha value is -3.81. The molecule has 6 nitrogen and oxygen atoms in total. The number of amides is 1. The van der Waals surface area contributed by atoms with E-state index in [0.29, 0.717) is 22.5 Å². The maximum absolute atomic E-state index is 13.7. The van der Waals surface area contributed by atoms with Crippen LogP contribution in [0.2, 0.25) is 0 Å². The molecule has 2 aromatic heterocycles. The lowest BCUT2D eigenvalue weighted by atomic mass is 10.1. The van der Waals surface area contributed by atoms with E-state index in [9.17, 15) is 18.4 Å². The number of carbonyl (C=O) groups is 1. The lowest BCUT2D eigenvalue weighted by molar-refractivity contribution is 0.0950. The van der Waals surface area contributed by atoms with E-state index in [0.717, 1.165) is 0 Å². The molecule has 0 spiro atoms. The molecule has 8 heteroatoms. The number of nitrogens with zero attached hydrogens (tertiary/aromatic N) is 2. The third-order valence-corrected chi connectivity index (χ3v) is 4.47. The molecule has 146 valence electrons. The quantitative estimate of drug-likeness (QED) is 0.546. The zero-order valence-corrected chi connectivity index (χ0v) is 15.2. The molecule has 0 aliphatic carbocycles. The van der Waals surface area contributed by atoms with Crippen molar-refractivity contribution in [3.05, 3.63) is 94.0 Å². The van der Waals surface area contributed by atoms with Crippen molar-refractivity contribution in [2.45, 2.75) is 6.42 Å². The standard InChI is InChI=1S/C21H16F2N4O2/c22-14-5-3-4-13(10-14)17-12-25-27-19(28)11-15(26-20(17)27)8-9-24-21(29)16-6-1-2-7-18(16)23/h1-7,10-12,25H,8-9H2,(H,24,29). The number of fused-ring (bicyclic) bond motifs is 1. The highest BCUT2D eigenvalue weighted by Gasteiger charge is 2.13. The number of nitrogens with one attached hydrogen (secondary N) is 2. The van der Waals surface area contributed by atoms with Gasteiger partial charge in [-0.1, -0.05) is 24.3 Å². The third-order valence-electron chi connectivity index (χ3n) is 4.47. The molecule has 0 fully saturated rings. The highest BCUT2D eigenvalue weighted by Crippen LogP contribution is 2.23. The fourth-order valence-corrected chi connectivity index (χ4v) is 3.07. The number of halogens is 2. The van der Waals surface area contributed by atoms with Crippen molar-refractivity contribution in [3.8, 4) is 11.1 Å². The van der Waals surface area contributed by atoms with Gasteiger partial charge in [-0.05, 0) is 29.8 Å². The predicted molar refractivity (Wildman–Crippen MR) is 104 cm³/mol. The van der Waals surface area contributed by atoms with Crippen LogP contribution in [-0.2, 0) is 6.42 Å². The molecular weight excluding hydrogens is 378 g/mol. The second-order valence-corrected chi connectivity index (χ2v) is 6.43. The second-order valence-electron chi connectivity index (χ2n) is 6.43. The van der Waals surface area contributed by atoms with Crippen molar-refractivity contribution in [2.75, 3.05) is 6.54 Å². The van der Waals surface area contributed by atoms with Crippen LogP contribution in [0.15, 0.2) is 65.6 Å². The minimum absolute atomic E-state index is 0.0463. The van der Waals surface area contributed by atoms with Crippen LogP contribution in [0.1, 0.15) is 16.1 Å². The van der Waals surface area contributed by atoms with Crippen molar-refractivity contribution in [1.82, 2.24) is 19.9 Å². The van der Waals surface area contributed by atoms with Crippen LogP contribution in [0.4, 0.5) is 8.78 Å². The normalized spacial score (nSPS) is 11.0. The first kappa shape index (κ1) is 18.5. The molecular formula is C21H16F2N4O2. The Bertz CT molecular complexity index is 1260. The molecule has 4 rings (SSSR count). The van der Waals surface area contributed by atoms with Gasteiger partial charge in [0, 0.05) is 30.8 Å². The van der Waals surface area contributed by atoms with Crippen LogP contribution in [0.5, 0.6) is 0 Å². The summed E-state index contributed by atoms with van der Waals surface area (Å²) in [6, 6.07) is 13.0. The Morgan fingerprint density at radius 1 is 1.10 bits per heavy atom. The average Bonchev–Trinajstić information content (AvgIpc) is 3.13. The molecule has 0 radical (unpaired) electrons. The zero-order valence-electron chi connectivity index (χ0n) is 15.2. The maximum Gasteiger partial charge on any atom is 0.272 e. The summed E-state index contributed by atoms with van der Waals surface area (Å²) in [6.45, 7) is 0.176. The number of rotatable bonds is 5. The van der Waals surface area contributed by atoms with Gasteiger partial charge < -0.3 is 5.32 Å². The topological polar surface area (TPSA) is 79.3 Å². The molecule has 0 saturated heterocycles. The fourth-order valence-electron chi connectivity index (χ4n) is 3.07. The lowest BCUT2D eigenvalue weighted by Gasteiger charge is -2.06. The predicted octanol–water partition coefficient (Wildman–Crippen LogP) is 2.94. The van der Waals surface area contributed by atoms with E-state index in [1.165, 1.54) is 40.9 Å². The molecule has 0 bridgehead atoms. The van der Waals surface area contributed by atoms with E-state index in [1.54, 1.807) is 24.4 Å². The van der Waals surface area contributed by atoms with Crippen molar-refractivity contribution in [1.29, 1.82) is 0 Å². The van der Waals surface area contributed by atoms with Crippen LogP contribution >= 0.6 is 0 Å². The Morgan fingerprint density at radius 3 is 2.72 bits per heavy atom. The van der Waals surface area contributed by atoms with Gasteiger partial charge >= 0.3 is 0 Å². The van der Waals surface area contributed by atoms with Crippen molar-refractivity contribution < 1.29 is 13.6 Å². The molecule has 0 unspecified atom stereocenters. The number of carbonyl (C=O) groups excluding carboxylic acids is 1. The highest BCUT2D eigenvalue weighted by atomic mass is 19.1. The molecule has 0 saturated carbocycles. The number of aromatic amines is 1. The van der Waals surface area contributed by atoms with E-state index in [-0.39, 0.29) is 24.1 Å². The Kier molecular flexibility index (Phi) is 4.90. The summed E-state index contributed by atoms with van der Waals surface area (Å²) in [6.07, 6.45) is 1.86. The molecule has 2 N–H and O–H groups in total. The maximum atomic E-state index is 13.7. The van der Waals surface area contributed by atoms with E-state index in [4.69, 9.17) is 0 Å². The fraction of sp³-hybridized carbons (Fsp3) is 0.0952. The SMILES string of the molecule is O=C(NCCc1cc(=O)n2[nH]cc(-c3cccc(F)c3)c2n1)c1ccccc1F. The molecule has 0 aliphatic heterocycles. The molecule has 2 aromatic carbocycles. The summed E-state index contributed by atoms with van der Waals surface area (Å²) in [7, 11) is 0. The Balaban J connectivity index is 1.55. The van der Waals surface area contributed by atoms with Gasteiger partial charge in [-0.15, -0.1) is 0 Å². The van der Waals surface area contributed by atoms with Gasteiger partial charge in [-0.2, -0.15) is 0 Å². The summed E-state index contributed by atoms with van der Waals surface area (Å²) in [5.41, 5.74) is 1.61. The molecule has 2 heterocycles. The van der Waals surface area contributed by atoms with Crippen molar-refractivity contribution in [3.63, 3.8) is 0 Å². The number of hydrogen-bond acceptors (Lipinski definition) is 3. The van der Waals surface area contributed by atoms with Gasteiger partial charge in [0.25, 0.3) is 11.5 Å². The average molecular weight is 394 g/mol. The summed E-state index contributed by atoms with van der Waals surface area (Å²) in [5, 5.41) is 5.43. The number of benzene rings is 2. The Morgan fingerprint density at radius 2 is 1.93 bits per heavy atom. The van der Waals surface area contributed by atoms with Gasteiger partial charge in [0.15, 0.2) is 5.65 Å². The largest absolute Gasteiger partial charge is 0.352 e.